The fourth-order valence-electron chi connectivity index (χ4n) is 1.93. The van der Waals surface area contributed by atoms with E-state index in [0.717, 1.165) is 0 Å². The Balaban J connectivity index is 1.94. The van der Waals surface area contributed by atoms with Gasteiger partial charge in [0.25, 0.3) is 0 Å². The summed E-state index contributed by atoms with van der Waals surface area (Å²) in [5.41, 5.74) is 6.13. The summed E-state index contributed by atoms with van der Waals surface area (Å²) in [5, 5.41) is 2.40. The van der Waals surface area contributed by atoms with Crippen molar-refractivity contribution in [3.63, 3.8) is 0 Å². The van der Waals surface area contributed by atoms with E-state index in [1.165, 1.54) is 10.0 Å². The Hall–Kier alpha value is -3.02. The van der Waals surface area contributed by atoms with Crippen LogP contribution in [0.3, 0.4) is 0 Å². The normalized spacial score (nSPS) is 14.8. The smallest absolute Gasteiger partial charge is 0.245 e. The van der Waals surface area contributed by atoms with Crippen LogP contribution in [-0.4, -0.2) is 12.1 Å². The van der Waals surface area contributed by atoms with Crippen molar-refractivity contribution in [1.82, 2.24) is 10.9 Å². The van der Waals surface area contributed by atoms with Crippen LogP contribution in [0.25, 0.3) is 0 Å². The topological polar surface area (TPSA) is 64.7 Å². The Morgan fingerprint density at radius 3 is 1.45 bits per heavy atom. The van der Waals surface area contributed by atoms with Crippen molar-refractivity contribution in [2.75, 3.05) is 10.0 Å². The van der Waals surface area contributed by atoms with Crippen LogP contribution in [0, 0.1) is 0 Å². The minimum Gasteiger partial charge on any atom is -0.245 e. The molecule has 1 saturated heterocycles. The number of nitrogens with zero attached hydrogens (tertiary/aromatic N) is 2. The first-order valence-corrected chi connectivity index (χ1v) is 6.07. The van der Waals surface area contributed by atoms with E-state index in [1.807, 2.05) is 12.1 Å². The van der Waals surface area contributed by atoms with E-state index in [4.69, 9.17) is 0 Å². The van der Waals surface area contributed by atoms with E-state index in [1.54, 1.807) is 48.5 Å². The summed E-state index contributed by atoms with van der Waals surface area (Å²) in [4.78, 5) is 24.2. The molecule has 0 saturated carbocycles. The van der Waals surface area contributed by atoms with Gasteiger partial charge in [-0.05, 0) is 24.3 Å². The summed E-state index contributed by atoms with van der Waals surface area (Å²) >= 11 is 0. The van der Waals surface area contributed by atoms with Gasteiger partial charge in [0.1, 0.15) is 0 Å². The number of urea groups is 2. The first-order chi connectivity index (χ1) is 9.75. The number of benzene rings is 2. The number of hydrogen-bond acceptors (Lipinski definition) is 2. The van der Waals surface area contributed by atoms with E-state index in [0.29, 0.717) is 11.4 Å². The fraction of sp³-hybridized carbons (Fsp3) is 0. The molecule has 0 bridgehead atoms. The molecular formula is C14H12N4O2. The van der Waals surface area contributed by atoms with Crippen LogP contribution in [0.15, 0.2) is 60.7 Å². The van der Waals surface area contributed by atoms with Gasteiger partial charge < -0.3 is 0 Å². The number of anilines is 2. The summed E-state index contributed by atoms with van der Waals surface area (Å²) in [6.45, 7) is 0. The second kappa shape index (κ2) is 4.93. The number of hydrazine groups is 2. The molecule has 1 aliphatic rings. The molecule has 100 valence electrons. The van der Waals surface area contributed by atoms with Crippen molar-refractivity contribution < 1.29 is 9.59 Å². The molecule has 1 heterocycles. The molecule has 0 atom stereocenters. The summed E-state index contributed by atoms with van der Waals surface area (Å²) in [7, 11) is 0. The average molecular weight is 268 g/mol. The minimum absolute atomic E-state index is 0.387. The predicted molar refractivity (Wildman–Crippen MR) is 74.9 cm³/mol. The van der Waals surface area contributed by atoms with Crippen LogP contribution in [0.1, 0.15) is 0 Å². The van der Waals surface area contributed by atoms with Crippen molar-refractivity contribution in [3.05, 3.63) is 60.7 Å². The zero-order valence-corrected chi connectivity index (χ0v) is 10.5. The maximum absolute atomic E-state index is 12.4. The SMILES string of the molecule is O=C1NN(c2ccccc2)C(=O)N(c2ccccc2)N1. The van der Waals surface area contributed by atoms with Crippen LogP contribution in [0.2, 0.25) is 0 Å². The molecule has 2 N–H and O–H groups in total. The second-order valence-corrected chi connectivity index (χ2v) is 4.18. The third kappa shape index (κ3) is 2.14. The molecule has 2 aromatic rings. The molecule has 0 radical (unpaired) electrons. The van der Waals surface area contributed by atoms with Crippen molar-refractivity contribution >= 4 is 23.4 Å². The lowest BCUT2D eigenvalue weighted by Crippen LogP contribution is -2.67. The number of nitrogens with one attached hydrogen (secondary N) is 2. The first-order valence-electron chi connectivity index (χ1n) is 6.07. The minimum atomic E-state index is -0.475. The van der Waals surface area contributed by atoms with E-state index in [9.17, 15) is 9.59 Å². The van der Waals surface area contributed by atoms with Crippen LogP contribution >= 0.6 is 0 Å². The highest BCUT2D eigenvalue weighted by molar-refractivity contribution is 6.08. The molecule has 0 aromatic heterocycles. The molecule has 6 heteroatoms. The Morgan fingerprint density at radius 1 is 0.650 bits per heavy atom. The summed E-state index contributed by atoms with van der Waals surface area (Å²) in [5.74, 6) is 0. The van der Waals surface area contributed by atoms with Crippen molar-refractivity contribution in [1.29, 1.82) is 0 Å². The average Bonchev–Trinajstić information content (AvgIpc) is 2.51. The van der Waals surface area contributed by atoms with E-state index >= 15 is 0 Å². The molecule has 1 aliphatic heterocycles. The zero-order chi connectivity index (χ0) is 13.9. The Morgan fingerprint density at radius 2 is 1.05 bits per heavy atom. The lowest BCUT2D eigenvalue weighted by Gasteiger charge is -2.35. The van der Waals surface area contributed by atoms with E-state index in [-0.39, 0.29) is 6.03 Å². The summed E-state index contributed by atoms with van der Waals surface area (Å²) in [6, 6.07) is 17.0. The third-order valence-electron chi connectivity index (χ3n) is 2.84. The molecule has 0 unspecified atom stereocenters. The van der Waals surface area contributed by atoms with Crippen molar-refractivity contribution in [2.24, 2.45) is 0 Å². The van der Waals surface area contributed by atoms with Gasteiger partial charge in [-0.2, -0.15) is 10.0 Å². The largest absolute Gasteiger partial charge is 0.367 e. The van der Waals surface area contributed by atoms with Gasteiger partial charge >= 0.3 is 12.1 Å². The molecule has 0 aliphatic carbocycles. The lowest BCUT2D eigenvalue weighted by atomic mass is 10.3. The standard InChI is InChI=1S/C14H12N4O2/c19-13-15-17(11-7-3-1-4-8-11)14(20)18(16-13)12-9-5-2-6-10-12/h1-10H,(H2,15,16,19). The monoisotopic (exact) mass is 268 g/mol. The summed E-state index contributed by atoms with van der Waals surface area (Å²) in [6.07, 6.45) is 0. The van der Waals surface area contributed by atoms with Gasteiger partial charge in [-0.1, -0.05) is 36.4 Å². The maximum atomic E-state index is 12.4. The van der Waals surface area contributed by atoms with Gasteiger partial charge in [0.15, 0.2) is 0 Å². The van der Waals surface area contributed by atoms with Gasteiger partial charge in [-0.25, -0.2) is 20.4 Å². The van der Waals surface area contributed by atoms with Crippen molar-refractivity contribution in [3.8, 4) is 0 Å². The molecule has 20 heavy (non-hydrogen) atoms. The number of amides is 4. The number of hydrogen-bond donors (Lipinski definition) is 2. The van der Waals surface area contributed by atoms with Gasteiger partial charge in [-0.15, -0.1) is 0 Å². The van der Waals surface area contributed by atoms with Gasteiger partial charge in [0.05, 0.1) is 11.4 Å². The molecule has 6 nitrogen and oxygen atoms in total. The molecule has 4 amide bonds. The molecule has 3 rings (SSSR count). The highest BCUT2D eigenvalue weighted by atomic mass is 16.2. The van der Waals surface area contributed by atoms with E-state index < -0.39 is 6.03 Å². The fourth-order valence-corrected chi connectivity index (χ4v) is 1.93. The molecule has 0 spiro atoms. The molecular weight excluding hydrogens is 256 g/mol. The quantitative estimate of drug-likeness (QED) is 0.877. The number of carbonyl (C=O) groups is 2. The summed E-state index contributed by atoms with van der Waals surface area (Å²) < 4.78 is 0. The predicted octanol–water partition coefficient (Wildman–Crippen LogP) is 2.26. The highest BCUT2D eigenvalue weighted by Gasteiger charge is 2.31. The first kappa shape index (κ1) is 12.0. The van der Waals surface area contributed by atoms with E-state index in [2.05, 4.69) is 10.9 Å². The molecule has 1 fully saturated rings. The van der Waals surface area contributed by atoms with Gasteiger partial charge in [0.2, 0.25) is 0 Å². The number of para-hydroxylation sites is 2. The third-order valence-corrected chi connectivity index (χ3v) is 2.84. The van der Waals surface area contributed by atoms with Gasteiger partial charge in [-0.3, -0.25) is 0 Å². The Bertz CT molecular complexity index is 577. The van der Waals surface area contributed by atoms with Crippen LogP contribution in [-0.2, 0) is 0 Å². The molecule has 2 aromatic carbocycles. The Kier molecular flexibility index (Phi) is 2.96. The highest BCUT2D eigenvalue weighted by Crippen LogP contribution is 2.19. The van der Waals surface area contributed by atoms with Gasteiger partial charge in [0, 0.05) is 0 Å². The number of carbonyl (C=O) groups excluding carboxylic acids is 2. The van der Waals surface area contributed by atoms with Crippen LogP contribution in [0.4, 0.5) is 21.0 Å². The Labute approximate surface area is 115 Å². The van der Waals surface area contributed by atoms with Crippen molar-refractivity contribution in [2.45, 2.75) is 0 Å². The zero-order valence-electron chi connectivity index (χ0n) is 10.5. The maximum Gasteiger partial charge on any atom is 0.367 e. The van der Waals surface area contributed by atoms with Crippen LogP contribution < -0.4 is 20.9 Å². The lowest BCUT2D eigenvalue weighted by molar-refractivity contribution is 0.221. The second-order valence-electron chi connectivity index (χ2n) is 4.18. The van der Waals surface area contributed by atoms with Crippen LogP contribution in [0.5, 0.6) is 0 Å². The number of rotatable bonds is 2.